The Hall–Kier alpha value is -1.50. The molecule has 0 N–H and O–H groups in total. The maximum Gasteiger partial charge on any atom is 0.0763 e. The number of rotatable bonds is 4. The van der Waals surface area contributed by atoms with Crippen molar-refractivity contribution in [1.82, 2.24) is 0 Å². The fraction of sp³-hybridized carbons (Fsp3) is 0.111. The second-order valence-electron chi connectivity index (χ2n) is 4.02. The van der Waals surface area contributed by atoms with E-state index in [9.17, 15) is 0 Å². The highest BCUT2D eigenvalue weighted by Crippen LogP contribution is 2.19. The first-order valence-corrected chi connectivity index (χ1v) is 7.34. The van der Waals surface area contributed by atoms with Crippen molar-refractivity contribution < 1.29 is 0 Å². The Morgan fingerprint density at radius 2 is 1.50 bits per heavy atom. The number of allylic oxidation sites excluding steroid dienone is 2. The summed E-state index contributed by atoms with van der Waals surface area (Å²) in [6.45, 7) is 3.61. The SMILES string of the molecule is C=CC(Cl)c1ccccc1.ClCC=Cc1ccccc1. The van der Waals surface area contributed by atoms with Crippen LogP contribution in [0.25, 0.3) is 6.08 Å². The van der Waals surface area contributed by atoms with Gasteiger partial charge in [-0.3, -0.25) is 0 Å². The van der Waals surface area contributed by atoms with Gasteiger partial charge in [-0.05, 0) is 11.1 Å². The Kier molecular flexibility index (Phi) is 8.53. The summed E-state index contributed by atoms with van der Waals surface area (Å²) in [6, 6.07) is 20.0. The molecule has 2 aromatic rings. The third-order valence-corrected chi connectivity index (χ3v) is 3.13. The Balaban J connectivity index is 0.000000200. The molecule has 1 atom stereocenters. The van der Waals surface area contributed by atoms with E-state index in [-0.39, 0.29) is 5.38 Å². The molecule has 2 heteroatoms. The molecule has 0 nitrogen and oxygen atoms in total. The van der Waals surface area contributed by atoms with Gasteiger partial charge in [-0.1, -0.05) is 78.9 Å². The molecule has 2 rings (SSSR count). The van der Waals surface area contributed by atoms with Crippen LogP contribution in [0, 0.1) is 0 Å². The van der Waals surface area contributed by atoms with E-state index >= 15 is 0 Å². The lowest BCUT2D eigenvalue weighted by Gasteiger charge is -2.01. The Morgan fingerprint density at radius 1 is 0.950 bits per heavy atom. The average molecular weight is 305 g/mol. The molecule has 0 heterocycles. The predicted molar refractivity (Wildman–Crippen MR) is 91.4 cm³/mol. The van der Waals surface area contributed by atoms with E-state index in [1.54, 1.807) is 6.08 Å². The van der Waals surface area contributed by atoms with Crippen molar-refractivity contribution in [3.8, 4) is 0 Å². The van der Waals surface area contributed by atoms with Crippen LogP contribution in [0.4, 0.5) is 0 Å². The third kappa shape index (κ3) is 6.60. The van der Waals surface area contributed by atoms with E-state index in [4.69, 9.17) is 23.2 Å². The van der Waals surface area contributed by atoms with Crippen LogP contribution in [0.1, 0.15) is 16.5 Å². The summed E-state index contributed by atoms with van der Waals surface area (Å²) >= 11 is 11.3. The minimum absolute atomic E-state index is 0.0544. The van der Waals surface area contributed by atoms with E-state index in [0.717, 1.165) is 5.56 Å². The van der Waals surface area contributed by atoms with Gasteiger partial charge in [0.25, 0.3) is 0 Å². The van der Waals surface area contributed by atoms with Gasteiger partial charge in [0.15, 0.2) is 0 Å². The maximum absolute atomic E-state index is 5.87. The van der Waals surface area contributed by atoms with Gasteiger partial charge in [-0.15, -0.1) is 29.8 Å². The summed E-state index contributed by atoms with van der Waals surface area (Å²) in [7, 11) is 0. The maximum atomic E-state index is 5.87. The molecule has 1 unspecified atom stereocenters. The highest BCUT2D eigenvalue weighted by Gasteiger charge is 1.98. The van der Waals surface area contributed by atoms with Gasteiger partial charge in [0.2, 0.25) is 0 Å². The molecule has 0 bridgehead atoms. The fourth-order valence-corrected chi connectivity index (χ4v) is 1.75. The monoisotopic (exact) mass is 304 g/mol. The third-order valence-electron chi connectivity index (χ3n) is 2.52. The lowest BCUT2D eigenvalue weighted by atomic mass is 10.1. The van der Waals surface area contributed by atoms with Crippen LogP contribution in [0.5, 0.6) is 0 Å². The first kappa shape index (κ1) is 16.6. The second-order valence-corrected chi connectivity index (χ2v) is 4.79. The highest BCUT2D eigenvalue weighted by molar-refractivity contribution is 6.21. The van der Waals surface area contributed by atoms with E-state index in [1.165, 1.54) is 5.56 Å². The van der Waals surface area contributed by atoms with Gasteiger partial charge in [-0.2, -0.15) is 0 Å². The van der Waals surface area contributed by atoms with Crippen molar-refractivity contribution in [3.63, 3.8) is 0 Å². The summed E-state index contributed by atoms with van der Waals surface area (Å²) in [5, 5.41) is -0.0544. The molecular weight excluding hydrogens is 287 g/mol. The number of halogens is 2. The minimum atomic E-state index is -0.0544. The molecular formula is C18H18Cl2. The van der Waals surface area contributed by atoms with Gasteiger partial charge in [0, 0.05) is 5.88 Å². The van der Waals surface area contributed by atoms with Crippen molar-refractivity contribution in [1.29, 1.82) is 0 Å². The zero-order chi connectivity index (χ0) is 14.6. The molecule has 2 aromatic carbocycles. The molecule has 0 spiro atoms. The summed E-state index contributed by atoms with van der Waals surface area (Å²) in [5.74, 6) is 0.578. The van der Waals surface area contributed by atoms with E-state index in [0.29, 0.717) is 5.88 Å². The van der Waals surface area contributed by atoms with Crippen LogP contribution in [-0.4, -0.2) is 5.88 Å². The minimum Gasteiger partial charge on any atom is -0.122 e. The van der Waals surface area contributed by atoms with Crippen molar-refractivity contribution >= 4 is 29.3 Å². The first-order chi connectivity index (χ1) is 9.77. The van der Waals surface area contributed by atoms with Crippen LogP contribution >= 0.6 is 23.2 Å². The molecule has 0 aliphatic heterocycles. The molecule has 0 fully saturated rings. The topological polar surface area (TPSA) is 0 Å². The van der Waals surface area contributed by atoms with Gasteiger partial charge in [0.05, 0.1) is 5.38 Å². The Bertz CT molecular complexity index is 503. The normalized spacial score (nSPS) is 11.5. The van der Waals surface area contributed by atoms with Crippen LogP contribution in [0.2, 0.25) is 0 Å². The van der Waals surface area contributed by atoms with Crippen LogP contribution in [-0.2, 0) is 0 Å². The number of hydrogen-bond acceptors (Lipinski definition) is 0. The first-order valence-electron chi connectivity index (χ1n) is 6.37. The standard InChI is InChI=1S/2C9H9Cl/c1-2-9(10)8-6-4-3-5-7-8;10-8-4-7-9-5-2-1-3-6-9/h2-7,9H,1H2;1-7H,8H2. The number of hydrogen-bond donors (Lipinski definition) is 0. The van der Waals surface area contributed by atoms with Gasteiger partial charge >= 0.3 is 0 Å². The predicted octanol–water partition coefficient (Wildman–Crippen LogP) is 6.09. The molecule has 104 valence electrons. The van der Waals surface area contributed by atoms with E-state index < -0.39 is 0 Å². The van der Waals surface area contributed by atoms with E-state index in [1.807, 2.05) is 72.8 Å². The number of benzene rings is 2. The zero-order valence-corrected chi connectivity index (χ0v) is 12.8. The molecule has 20 heavy (non-hydrogen) atoms. The summed E-state index contributed by atoms with van der Waals surface area (Å²) in [5.41, 5.74) is 2.29. The molecule has 0 amide bonds. The molecule has 0 saturated carbocycles. The van der Waals surface area contributed by atoms with Crippen molar-refractivity contribution in [2.75, 3.05) is 5.88 Å². The van der Waals surface area contributed by atoms with E-state index in [2.05, 4.69) is 6.58 Å². The zero-order valence-electron chi connectivity index (χ0n) is 11.3. The second kappa shape index (κ2) is 10.3. The van der Waals surface area contributed by atoms with Gasteiger partial charge in [0.1, 0.15) is 0 Å². The van der Waals surface area contributed by atoms with Gasteiger partial charge < -0.3 is 0 Å². The van der Waals surface area contributed by atoms with Crippen molar-refractivity contribution in [3.05, 3.63) is 90.5 Å². The summed E-state index contributed by atoms with van der Waals surface area (Å²) in [4.78, 5) is 0. The van der Waals surface area contributed by atoms with Crippen LogP contribution < -0.4 is 0 Å². The smallest absolute Gasteiger partial charge is 0.0763 e. The molecule has 0 aliphatic carbocycles. The highest BCUT2D eigenvalue weighted by atomic mass is 35.5. The van der Waals surface area contributed by atoms with Crippen molar-refractivity contribution in [2.24, 2.45) is 0 Å². The van der Waals surface area contributed by atoms with Gasteiger partial charge in [-0.25, -0.2) is 0 Å². The van der Waals surface area contributed by atoms with Crippen LogP contribution in [0.15, 0.2) is 79.4 Å². The lowest BCUT2D eigenvalue weighted by Crippen LogP contribution is -1.82. The quantitative estimate of drug-likeness (QED) is 0.473. The summed E-state index contributed by atoms with van der Waals surface area (Å²) < 4.78 is 0. The molecule has 0 aromatic heterocycles. The fourth-order valence-electron chi connectivity index (χ4n) is 1.52. The molecule has 0 saturated heterocycles. The van der Waals surface area contributed by atoms with Crippen molar-refractivity contribution in [2.45, 2.75) is 5.38 Å². The molecule has 0 aliphatic rings. The largest absolute Gasteiger partial charge is 0.122 e. The molecule has 0 radical (unpaired) electrons. The average Bonchev–Trinajstić information content (AvgIpc) is 2.54. The number of alkyl halides is 2. The Morgan fingerprint density at radius 3 is 2.00 bits per heavy atom. The summed E-state index contributed by atoms with van der Waals surface area (Å²) in [6.07, 6.45) is 5.65. The lowest BCUT2D eigenvalue weighted by molar-refractivity contribution is 1.22. The van der Waals surface area contributed by atoms with Crippen LogP contribution in [0.3, 0.4) is 0 Å². The Labute approximate surface area is 131 Å².